The Morgan fingerprint density at radius 1 is 0.882 bits per heavy atom. The van der Waals surface area contributed by atoms with E-state index in [0.717, 1.165) is 55.0 Å². The van der Waals surface area contributed by atoms with Gasteiger partial charge in [0.1, 0.15) is 22.4 Å². The third-order valence-corrected chi connectivity index (χ3v) is 10.7. The van der Waals surface area contributed by atoms with Crippen molar-refractivity contribution in [1.82, 2.24) is 14.7 Å². The smallest absolute Gasteiger partial charge is 0.335 e. The number of hydrogen-bond donors (Lipinski definition) is 1. The van der Waals surface area contributed by atoms with E-state index in [1.807, 2.05) is 30.3 Å². The molecule has 3 aliphatic heterocycles. The van der Waals surface area contributed by atoms with Crippen LogP contribution in [0.3, 0.4) is 0 Å². The van der Waals surface area contributed by atoms with Crippen LogP contribution in [0.2, 0.25) is 10.0 Å². The van der Waals surface area contributed by atoms with Gasteiger partial charge in [0.25, 0.3) is 5.91 Å². The van der Waals surface area contributed by atoms with Gasteiger partial charge in [-0.15, -0.1) is 0 Å². The van der Waals surface area contributed by atoms with Crippen molar-refractivity contribution in [3.63, 3.8) is 0 Å². The van der Waals surface area contributed by atoms with Crippen molar-refractivity contribution >= 4 is 69.5 Å². The van der Waals surface area contributed by atoms with Gasteiger partial charge >= 0.3 is 5.97 Å². The van der Waals surface area contributed by atoms with Crippen molar-refractivity contribution in [3.05, 3.63) is 86.2 Å². The van der Waals surface area contributed by atoms with E-state index < -0.39 is 5.97 Å². The number of halogens is 2. The number of benzene rings is 3. The first-order valence-electron chi connectivity index (χ1n) is 16.8. The maximum absolute atomic E-state index is 13.7. The fraction of sp³-hybridized carbons (Fsp3) is 0.378. The maximum Gasteiger partial charge on any atom is 0.335 e. The number of thioether (sulfide) groups is 1. The average Bonchev–Trinajstić information content (AvgIpc) is 3.40. The Labute approximate surface area is 317 Å². The number of rotatable bonds is 14. The van der Waals surface area contributed by atoms with Crippen LogP contribution in [-0.2, 0) is 20.8 Å². The van der Waals surface area contributed by atoms with E-state index in [2.05, 4.69) is 9.80 Å². The molecule has 0 radical (unpaired) electrons. The van der Waals surface area contributed by atoms with E-state index >= 15 is 0 Å². The molecule has 1 amide bonds. The van der Waals surface area contributed by atoms with Gasteiger partial charge in [-0.05, 0) is 66.6 Å². The number of nitrogens with zero attached hydrogens (tertiary/aromatic N) is 3. The van der Waals surface area contributed by atoms with E-state index in [1.54, 1.807) is 35.2 Å². The SMILES string of the molecule is O=C(O)c1ccc(OCCCN2C(=O)C(=Cc3cc(-c4cc(Cl)ccc4Cl)ccc3OCCN3CCOCC3)SC2=S)c(CN2CCOCC2)c1. The van der Waals surface area contributed by atoms with Crippen LogP contribution < -0.4 is 9.47 Å². The third kappa shape index (κ3) is 10.0. The number of carbonyl (C=O) groups is 2. The van der Waals surface area contributed by atoms with Crippen LogP contribution in [0.1, 0.15) is 27.9 Å². The minimum absolute atomic E-state index is 0.186. The minimum atomic E-state index is -0.987. The molecule has 3 heterocycles. The van der Waals surface area contributed by atoms with Gasteiger partial charge in [0.05, 0.1) is 43.5 Å². The number of carbonyl (C=O) groups excluding carboxylic acids is 1. The van der Waals surface area contributed by atoms with Crippen LogP contribution in [0.5, 0.6) is 11.5 Å². The zero-order valence-corrected chi connectivity index (χ0v) is 31.1. The van der Waals surface area contributed by atoms with Gasteiger partial charge < -0.3 is 24.1 Å². The predicted molar refractivity (Wildman–Crippen MR) is 204 cm³/mol. The lowest BCUT2D eigenvalue weighted by molar-refractivity contribution is -0.122. The highest BCUT2D eigenvalue weighted by Gasteiger charge is 2.32. The van der Waals surface area contributed by atoms with Crippen LogP contribution in [0.25, 0.3) is 17.2 Å². The molecule has 0 unspecified atom stereocenters. The largest absolute Gasteiger partial charge is 0.493 e. The molecule has 3 aromatic rings. The van der Waals surface area contributed by atoms with Crippen LogP contribution in [0.4, 0.5) is 0 Å². The predicted octanol–water partition coefficient (Wildman–Crippen LogP) is 6.57. The van der Waals surface area contributed by atoms with Crippen molar-refractivity contribution in [3.8, 4) is 22.6 Å². The molecule has 51 heavy (non-hydrogen) atoms. The van der Waals surface area contributed by atoms with E-state index in [-0.39, 0.29) is 11.5 Å². The molecule has 3 fully saturated rings. The first-order valence-corrected chi connectivity index (χ1v) is 18.8. The number of morpholine rings is 2. The minimum Gasteiger partial charge on any atom is -0.493 e. The zero-order chi connectivity index (χ0) is 35.7. The number of carboxylic acids is 1. The van der Waals surface area contributed by atoms with E-state index in [1.165, 1.54) is 11.8 Å². The molecule has 270 valence electrons. The van der Waals surface area contributed by atoms with Crippen molar-refractivity contribution in [1.29, 1.82) is 0 Å². The summed E-state index contributed by atoms with van der Waals surface area (Å²) in [7, 11) is 0. The number of ether oxygens (including phenoxy) is 4. The molecule has 10 nitrogen and oxygen atoms in total. The van der Waals surface area contributed by atoms with Gasteiger partial charge in [0.2, 0.25) is 0 Å². The first kappa shape index (κ1) is 37.6. The summed E-state index contributed by atoms with van der Waals surface area (Å²) in [5, 5.41) is 10.7. The van der Waals surface area contributed by atoms with Gasteiger partial charge in [-0.1, -0.05) is 53.2 Å². The molecule has 0 aliphatic carbocycles. The summed E-state index contributed by atoms with van der Waals surface area (Å²) in [6.45, 7) is 8.44. The highest BCUT2D eigenvalue weighted by atomic mass is 35.5. The molecule has 0 aromatic heterocycles. The van der Waals surface area contributed by atoms with Crippen LogP contribution in [-0.4, -0.2) is 115 Å². The lowest BCUT2D eigenvalue weighted by Crippen LogP contribution is -2.38. The van der Waals surface area contributed by atoms with Crippen molar-refractivity contribution in [2.45, 2.75) is 13.0 Å². The molecule has 0 atom stereocenters. The molecule has 3 aliphatic rings. The number of amides is 1. The van der Waals surface area contributed by atoms with E-state index in [0.29, 0.717) is 89.9 Å². The topological polar surface area (TPSA) is 101 Å². The van der Waals surface area contributed by atoms with E-state index in [9.17, 15) is 14.7 Å². The standard InChI is InChI=1S/C37H39Cl2N3O7S2/c38-29-4-5-31(39)30(23-29)25-2-6-32(49-19-13-40-9-15-46-16-10-40)27(20-25)22-34-35(43)42(37(50)51-34)8-1-14-48-33-7-3-26(36(44)45)21-28(33)24-41-11-17-47-18-12-41/h2-7,20-23H,1,8-19,24H2,(H,44,45). The van der Waals surface area contributed by atoms with Crippen LogP contribution in [0, 0.1) is 0 Å². The Morgan fingerprint density at radius 2 is 1.59 bits per heavy atom. The second kappa shape index (κ2) is 18.0. The lowest BCUT2D eigenvalue weighted by Gasteiger charge is -2.27. The van der Waals surface area contributed by atoms with Crippen molar-refractivity contribution in [2.75, 3.05) is 78.9 Å². The van der Waals surface area contributed by atoms with Gasteiger partial charge in [0, 0.05) is 72.5 Å². The molecular formula is C37H39Cl2N3O7S2. The molecule has 0 saturated carbocycles. The van der Waals surface area contributed by atoms with Gasteiger partial charge in [-0.25, -0.2) is 4.79 Å². The molecule has 0 bridgehead atoms. The molecule has 0 spiro atoms. The summed E-state index contributed by atoms with van der Waals surface area (Å²) >= 11 is 19.8. The summed E-state index contributed by atoms with van der Waals surface area (Å²) in [6.07, 6.45) is 2.35. The summed E-state index contributed by atoms with van der Waals surface area (Å²) in [5.74, 6) is 0.0939. The zero-order valence-electron chi connectivity index (χ0n) is 28.0. The van der Waals surface area contributed by atoms with Crippen LogP contribution >= 0.6 is 47.2 Å². The summed E-state index contributed by atoms with van der Waals surface area (Å²) in [4.78, 5) is 31.9. The highest BCUT2D eigenvalue weighted by Crippen LogP contribution is 2.38. The van der Waals surface area contributed by atoms with Crippen molar-refractivity contribution < 1.29 is 33.6 Å². The lowest BCUT2D eigenvalue weighted by atomic mass is 10.0. The second-order valence-corrected chi connectivity index (χ2v) is 14.8. The molecule has 3 aromatic carbocycles. The Bertz CT molecular complexity index is 1780. The second-order valence-electron chi connectivity index (χ2n) is 12.2. The maximum atomic E-state index is 13.7. The summed E-state index contributed by atoms with van der Waals surface area (Å²) < 4.78 is 23.8. The van der Waals surface area contributed by atoms with Gasteiger partial charge in [0.15, 0.2) is 0 Å². The Hall–Kier alpha value is -3.20. The molecule has 1 N–H and O–H groups in total. The molecular weight excluding hydrogens is 733 g/mol. The monoisotopic (exact) mass is 771 g/mol. The van der Waals surface area contributed by atoms with Crippen molar-refractivity contribution in [2.24, 2.45) is 0 Å². The first-order chi connectivity index (χ1) is 24.7. The normalized spacial score (nSPS) is 18.1. The molecule has 6 rings (SSSR count). The summed E-state index contributed by atoms with van der Waals surface area (Å²) in [6, 6.07) is 16.0. The third-order valence-electron chi connectivity index (χ3n) is 8.77. The fourth-order valence-corrected chi connectivity index (χ4v) is 7.70. The number of carboxylic acid groups (broad SMARTS) is 1. The fourth-order valence-electron chi connectivity index (χ4n) is 6.00. The number of hydrogen-bond acceptors (Lipinski definition) is 10. The Kier molecular flexibility index (Phi) is 13.3. The van der Waals surface area contributed by atoms with Gasteiger partial charge in [-0.3, -0.25) is 19.5 Å². The number of aromatic carboxylic acids is 1. The Morgan fingerprint density at radius 3 is 2.33 bits per heavy atom. The number of thiocarbonyl (C=S) groups is 1. The van der Waals surface area contributed by atoms with E-state index in [4.69, 9.17) is 54.4 Å². The summed E-state index contributed by atoms with van der Waals surface area (Å²) in [5.41, 5.74) is 3.35. The molecule has 14 heteroatoms. The Balaban J connectivity index is 1.13. The van der Waals surface area contributed by atoms with Gasteiger partial charge in [-0.2, -0.15) is 0 Å². The molecule has 3 saturated heterocycles. The quantitative estimate of drug-likeness (QED) is 0.109. The van der Waals surface area contributed by atoms with Crippen LogP contribution in [0.15, 0.2) is 59.5 Å². The average molecular weight is 773 g/mol. The highest BCUT2D eigenvalue weighted by molar-refractivity contribution is 8.26.